The number of rotatable bonds is 14. The standard InChI is InChI=1S/C32H41N7O6S/c1-24(2)21-37(22-25(3)4)46(44,45)32-19-28(38(40)41)11-12-29(32)34-33-20-27-10-13-30(31(18-27)39(42)43)36-16-14-35(15-17-36)23-26-8-6-5-7-9-26/h5-13,18-20,24-25,34H,14-17,21-23H2,1-4H3/b33-20-. The maximum atomic E-state index is 13.8. The number of nitrogens with zero attached hydrogens (tertiary/aromatic N) is 6. The van der Waals surface area contributed by atoms with Gasteiger partial charge in [0.15, 0.2) is 0 Å². The van der Waals surface area contributed by atoms with E-state index >= 15 is 0 Å². The van der Waals surface area contributed by atoms with E-state index in [4.69, 9.17) is 0 Å². The topological polar surface area (TPSA) is 155 Å². The third kappa shape index (κ3) is 8.86. The lowest BCUT2D eigenvalue weighted by molar-refractivity contribution is -0.385. The zero-order valence-electron chi connectivity index (χ0n) is 26.6. The van der Waals surface area contributed by atoms with Crippen LogP contribution in [0.2, 0.25) is 0 Å². The lowest BCUT2D eigenvalue weighted by Crippen LogP contribution is -2.46. The Balaban J connectivity index is 1.53. The van der Waals surface area contributed by atoms with E-state index in [-0.39, 0.29) is 46.9 Å². The summed E-state index contributed by atoms with van der Waals surface area (Å²) >= 11 is 0. The fourth-order valence-electron chi connectivity index (χ4n) is 5.35. The van der Waals surface area contributed by atoms with Crippen LogP contribution < -0.4 is 10.3 Å². The number of non-ortho nitro benzene ring substituents is 1. The number of anilines is 2. The predicted molar refractivity (Wildman–Crippen MR) is 180 cm³/mol. The van der Waals surface area contributed by atoms with Gasteiger partial charge in [-0.1, -0.05) is 64.1 Å². The second-order valence-electron chi connectivity index (χ2n) is 12.2. The summed E-state index contributed by atoms with van der Waals surface area (Å²) in [7, 11) is -4.14. The highest BCUT2D eigenvalue weighted by Crippen LogP contribution is 2.32. The highest BCUT2D eigenvalue weighted by molar-refractivity contribution is 7.89. The van der Waals surface area contributed by atoms with Crippen LogP contribution >= 0.6 is 0 Å². The Kier molecular flexibility index (Phi) is 11.4. The third-order valence-electron chi connectivity index (χ3n) is 7.49. The fraction of sp³-hybridized carbons (Fsp3) is 0.406. The number of hydrogen-bond donors (Lipinski definition) is 1. The predicted octanol–water partition coefficient (Wildman–Crippen LogP) is 5.57. The van der Waals surface area contributed by atoms with E-state index in [0.29, 0.717) is 24.3 Å². The van der Waals surface area contributed by atoms with Crippen molar-refractivity contribution in [2.24, 2.45) is 16.9 Å². The Morgan fingerprint density at radius 3 is 2.13 bits per heavy atom. The molecule has 0 unspecified atom stereocenters. The van der Waals surface area contributed by atoms with Crippen LogP contribution in [-0.4, -0.2) is 73.0 Å². The van der Waals surface area contributed by atoms with Gasteiger partial charge in [0.25, 0.3) is 11.4 Å². The number of sulfonamides is 1. The van der Waals surface area contributed by atoms with Gasteiger partial charge in [-0.05, 0) is 29.5 Å². The molecular formula is C32H41N7O6S. The van der Waals surface area contributed by atoms with Crippen molar-refractivity contribution < 1.29 is 18.3 Å². The Labute approximate surface area is 269 Å². The normalized spacial score (nSPS) is 14.5. The van der Waals surface area contributed by atoms with E-state index in [2.05, 4.69) is 27.6 Å². The van der Waals surface area contributed by atoms with Crippen molar-refractivity contribution in [1.29, 1.82) is 0 Å². The van der Waals surface area contributed by atoms with E-state index in [1.807, 2.05) is 50.8 Å². The first kappa shape index (κ1) is 34.5. The highest BCUT2D eigenvalue weighted by Gasteiger charge is 2.30. The van der Waals surface area contributed by atoms with Gasteiger partial charge in [-0.25, -0.2) is 8.42 Å². The number of hydrogen-bond acceptors (Lipinski definition) is 10. The van der Waals surface area contributed by atoms with Crippen molar-refractivity contribution in [2.45, 2.75) is 39.1 Å². The summed E-state index contributed by atoms with van der Waals surface area (Å²) in [6, 6.07) is 18.5. The quantitative estimate of drug-likeness (QED) is 0.134. The Morgan fingerprint density at radius 1 is 0.891 bits per heavy atom. The molecule has 3 aromatic rings. The first-order chi connectivity index (χ1) is 21.8. The molecule has 46 heavy (non-hydrogen) atoms. The molecule has 246 valence electrons. The summed E-state index contributed by atoms with van der Waals surface area (Å²) in [6.07, 6.45) is 1.35. The van der Waals surface area contributed by atoms with E-state index < -0.39 is 19.9 Å². The minimum absolute atomic E-state index is 0.0265. The van der Waals surface area contributed by atoms with Crippen molar-refractivity contribution in [3.63, 3.8) is 0 Å². The molecule has 1 aliphatic rings. The molecule has 0 aliphatic carbocycles. The average molecular weight is 652 g/mol. The molecule has 0 spiro atoms. The van der Waals surface area contributed by atoms with Crippen LogP contribution in [0.4, 0.5) is 22.7 Å². The van der Waals surface area contributed by atoms with Gasteiger partial charge in [-0.3, -0.25) is 30.6 Å². The number of piperazine rings is 1. The molecule has 1 N–H and O–H groups in total. The van der Waals surface area contributed by atoms with Gasteiger partial charge in [0.05, 0.1) is 21.7 Å². The van der Waals surface area contributed by atoms with Crippen molar-refractivity contribution >= 4 is 39.0 Å². The van der Waals surface area contributed by atoms with Gasteiger partial charge >= 0.3 is 0 Å². The van der Waals surface area contributed by atoms with Crippen LogP contribution in [0.15, 0.2) is 76.7 Å². The zero-order chi connectivity index (χ0) is 33.4. The number of nitro groups is 2. The Morgan fingerprint density at radius 2 is 1.54 bits per heavy atom. The molecular weight excluding hydrogens is 610 g/mol. The second-order valence-corrected chi connectivity index (χ2v) is 14.1. The smallest absolute Gasteiger partial charge is 0.293 e. The molecule has 14 heteroatoms. The van der Waals surface area contributed by atoms with Crippen molar-refractivity contribution in [3.8, 4) is 0 Å². The summed E-state index contributed by atoms with van der Waals surface area (Å²) in [5.41, 5.74) is 4.51. The molecule has 0 saturated carbocycles. The zero-order valence-corrected chi connectivity index (χ0v) is 27.4. The summed E-state index contributed by atoms with van der Waals surface area (Å²) in [5.74, 6) is 0.0529. The molecule has 0 radical (unpaired) electrons. The van der Waals surface area contributed by atoms with E-state index in [9.17, 15) is 28.6 Å². The monoisotopic (exact) mass is 651 g/mol. The van der Waals surface area contributed by atoms with Gasteiger partial charge in [-0.15, -0.1) is 0 Å². The number of hydrazone groups is 1. The average Bonchev–Trinajstić information content (AvgIpc) is 3.01. The summed E-state index contributed by atoms with van der Waals surface area (Å²) in [5, 5.41) is 27.7. The van der Waals surface area contributed by atoms with E-state index in [0.717, 1.165) is 25.7 Å². The fourth-order valence-corrected chi connectivity index (χ4v) is 7.28. The van der Waals surface area contributed by atoms with Gasteiger partial charge < -0.3 is 4.90 Å². The van der Waals surface area contributed by atoms with Gasteiger partial charge in [0, 0.05) is 69.6 Å². The minimum Gasteiger partial charge on any atom is -0.363 e. The highest BCUT2D eigenvalue weighted by atomic mass is 32.2. The van der Waals surface area contributed by atoms with Crippen LogP contribution in [0.5, 0.6) is 0 Å². The molecule has 3 aromatic carbocycles. The molecule has 13 nitrogen and oxygen atoms in total. The molecule has 4 rings (SSSR count). The second kappa shape index (κ2) is 15.3. The van der Waals surface area contributed by atoms with Crippen LogP contribution in [0.3, 0.4) is 0 Å². The van der Waals surface area contributed by atoms with E-state index in [1.54, 1.807) is 12.1 Å². The van der Waals surface area contributed by atoms with Crippen molar-refractivity contribution in [1.82, 2.24) is 9.21 Å². The summed E-state index contributed by atoms with van der Waals surface area (Å²) in [4.78, 5) is 26.6. The van der Waals surface area contributed by atoms with Crippen LogP contribution in [0.1, 0.15) is 38.8 Å². The number of nitrogens with one attached hydrogen (secondary N) is 1. The minimum atomic E-state index is -4.14. The van der Waals surface area contributed by atoms with Crippen LogP contribution in [0, 0.1) is 32.1 Å². The Bertz CT molecular complexity index is 1650. The SMILES string of the molecule is CC(C)CN(CC(C)C)S(=O)(=O)c1cc([N+](=O)[O-])ccc1N/N=C\c1ccc(N2CCN(Cc3ccccc3)CC2)c([N+](=O)[O-])c1. The maximum absolute atomic E-state index is 13.8. The van der Waals surface area contributed by atoms with Gasteiger partial charge in [0.1, 0.15) is 10.6 Å². The molecule has 0 atom stereocenters. The lowest BCUT2D eigenvalue weighted by Gasteiger charge is -2.35. The summed E-state index contributed by atoms with van der Waals surface area (Å²) < 4.78 is 28.9. The van der Waals surface area contributed by atoms with E-state index in [1.165, 1.54) is 34.3 Å². The first-order valence-electron chi connectivity index (χ1n) is 15.2. The van der Waals surface area contributed by atoms with Crippen molar-refractivity contribution in [3.05, 3.63) is 98.1 Å². The molecule has 1 fully saturated rings. The molecule has 1 saturated heterocycles. The lowest BCUT2D eigenvalue weighted by atomic mass is 10.1. The van der Waals surface area contributed by atoms with Gasteiger partial charge in [-0.2, -0.15) is 9.41 Å². The van der Waals surface area contributed by atoms with Gasteiger partial charge in [0.2, 0.25) is 10.0 Å². The van der Waals surface area contributed by atoms with Crippen LogP contribution in [0.25, 0.3) is 0 Å². The van der Waals surface area contributed by atoms with Crippen LogP contribution in [-0.2, 0) is 16.6 Å². The molecule has 0 amide bonds. The largest absolute Gasteiger partial charge is 0.363 e. The third-order valence-corrected chi connectivity index (χ3v) is 9.36. The molecule has 1 heterocycles. The molecule has 0 aromatic heterocycles. The number of nitro benzene ring substituents is 2. The van der Waals surface area contributed by atoms with Crippen molar-refractivity contribution in [2.75, 3.05) is 49.6 Å². The summed E-state index contributed by atoms with van der Waals surface area (Å²) in [6.45, 7) is 11.7. The number of benzene rings is 3. The molecule has 0 bridgehead atoms. The molecule has 1 aliphatic heterocycles. The first-order valence-corrected chi connectivity index (χ1v) is 16.7. The maximum Gasteiger partial charge on any atom is 0.293 e. The Hall–Kier alpha value is -4.40.